The molecule has 1 aliphatic rings. The summed E-state index contributed by atoms with van der Waals surface area (Å²) in [4.78, 5) is 0. The first-order valence-electron chi connectivity index (χ1n) is 6.64. The van der Waals surface area contributed by atoms with E-state index in [9.17, 15) is 0 Å². The van der Waals surface area contributed by atoms with Crippen LogP contribution in [0.2, 0.25) is 0 Å². The third-order valence-corrected chi connectivity index (χ3v) is 3.69. The Labute approximate surface area is 117 Å². The number of hydrogen-bond donors (Lipinski definition) is 1. The van der Waals surface area contributed by atoms with Crippen LogP contribution in [0.5, 0.6) is 5.75 Å². The number of aromatic nitrogens is 3. The zero-order chi connectivity index (χ0) is 14.1. The van der Waals surface area contributed by atoms with Crippen LogP contribution in [-0.2, 0) is 11.3 Å². The molecule has 0 spiro atoms. The van der Waals surface area contributed by atoms with Crippen molar-refractivity contribution in [3.63, 3.8) is 0 Å². The van der Waals surface area contributed by atoms with Gasteiger partial charge in [0.1, 0.15) is 11.9 Å². The molecular formula is C14H18N4O2. The summed E-state index contributed by atoms with van der Waals surface area (Å²) in [6.45, 7) is 0.906. The molecule has 0 aliphatic carbocycles. The van der Waals surface area contributed by atoms with Crippen molar-refractivity contribution in [1.82, 2.24) is 14.8 Å². The molecule has 1 aliphatic heterocycles. The predicted octanol–water partition coefficient (Wildman–Crippen LogP) is 2.02. The van der Waals surface area contributed by atoms with Crippen LogP contribution in [0.25, 0.3) is 11.4 Å². The van der Waals surface area contributed by atoms with Crippen molar-refractivity contribution >= 4 is 5.69 Å². The highest BCUT2D eigenvalue weighted by Gasteiger charge is 2.25. The van der Waals surface area contributed by atoms with E-state index in [4.69, 9.17) is 15.2 Å². The molecular weight excluding hydrogens is 256 g/mol. The van der Waals surface area contributed by atoms with Gasteiger partial charge in [-0.1, -0.05) is 0 Å². The van der Waals surface area contributed by atoms with Crippen molar-refractivity contribution in [2.45, 2.75) is 25.5 Å². The topological polar surface area (TPSA) is 75.2 Å². The van der Waals surface area contributed by atoms with E-state index in [1.807, 2.05) is 18.2 Å². The van der Waals surface area contributed by atoms with Gasteiger partial charge in [-0.15, -0.1) is 10.2 Å². The zero-order valence-electron chi connectivity index (χ0n) is 11.7. The number of nitrogen functional groups attached to an aromatic ring is 1. The SMILES string of the molecule is COc1ccc(-c2nnc3n2CCCC3OC)cc1N. The lowest BCUT2D eigenvalue weighted by Gasteiger charge is -2.22. The maximum atomic E-state index is 5.96. The Hall–Kier alpha value is -2.08. The number of fused-ring (bicyclic) bond motifs is 1. The van der Waals surface area contributed by atoms with Gasteiger partial charge in [-0.05, 0) is 31.0 Å². The van der Waals surface area contributed by atoms with E-state index in [0.717, 1.165) is 36.6 Å². The molecule has 2 aromatic rings. The van der Waals surface area contributed by atoms with E-state index in [1.54, 1.807) is 14.2 Å². The summed E-state index contributed by atoms with van der Waals surface area (Å²) in [6, 6.07) is 5.67. The molecule has 0 radical (unpaired) electrons. The number of methoxy groups -OCH3 is 2. The Kier molecular flexibility index (Phi) is 3.31. The molecule has 0 bridgehead atoms. The molecule has 20 heavy (non-hydrogen) atoms. The second-order valence-electron chi connectivity index (χ2n) is 4.86. The Balaban J connectivity index is 2.03. The monoisotopic (exact) mass is 274 g/mol. The summed E-state index contributed by atoms with van der Waals surface area (Å²) in [5, 5.41) is 8.57. The van der Waals surface area contributed by atoms with Crippen LogP contribution in [0.3, 0.4) is 0 Å². The lowest BCUT2D eigenvalue weighted by molar-refractivity contribution is 0.0719. The van der Waals surface area contributed by atoms with E-state index in [1.165, 1.54) is 0 Å². The highest BCUT2D eigenvalue weighted by molar-refractivity contribution is 5.66. The van der Waals surface area contributed by atoms with Crippen LogP contribution in [0, 0.1) is 0 Å². The molecule has 0 saturated heterocycles. The molecule has 1 unspecified atom stereocenters. The average molecular weight is 274 g/mol. The molecule has 0 fully saturated rings. The summed E-state index contributed by atoms with van der Waals surface area (Å²) >= 11 is 0. The van der Waals surface area contributed by atoms with Gasteiger partial charge >= 0.3 is 0 Å². The van der Waals surface area contributed by atoms with Gasteiger partial charge in [-0.3, -0.25) is 0 Å². The standard InChI is InChI=1S/C14H18N4O2/c1-19-11-6-5-9(8-10(11)15)13-16-17-14-12(20-2)4-3-7-18(13)14/h5-6,8,12H,3-4,7,15H2,1-2H3. The zero-order valence-corrected chi connectivity index (χ0v) is 11.7. The molecule has 106 valence electrons. The molecule has 6 heteroatoms. The van der Waals surface area contributed by atoms with Gasteiger partial charge in [0.05, 0.1) is 12.8 Å². The first kappa shape index (κ1) is 12.9. The quantitative estimate of drug-likeness (QED) is 0.867. The van der Waals surface area contributed by atoms with E-state index in [2.05, 4.69) is 14.8 Å². The Bertz CT molecular complexity index is 624. The number of anilines is 1. The third kappa shape index (κ3) is 2.02. The van der Waals surface area contributed by atoms with Gasteiger partial charge in [0.2, 0.25) is 0 Å². The van der Waals surface area contributed by atoms with Crippen LogP contribution in [0.4, 0.5) is 5.69 Å². The number of nitrogens with two attached hydrogens (primary N) is 1. The Morgan fingerprint density at radius 1 is 1.30 bits per heavy atom. The van der Waals surface area contributed by atoms with Crippen molar-refractivity contribution in [1.29, 1.82) is 0 Å². The Morgan fingerprint density at radius 2 is 2.15 bits per heavy atom. The number of benzene rings is 1. The van der Waals surface area contributed by atoms with Gasteiger partial charge in [-0.2, -0.15) is 0 Å². The first-order chi connectivity index (χ1) is 9.74. The molecule has 1 aromatic heterocycles. The number of rotatable bonds is 3. The molecule has 6 nitrogen and oxygen atoms in total. The minimum absolute atomic E-state index is 0.0283. The summed E-state index contributed by atoms with van der Waals surface area (Å²) in [5.41, 5.74) is 7.50. The molecule has 0 amide bonds. The third-order valence-electron chi connectivity index (χ3n) is 3.69. The van der Waals surface area contributed by atoms with Crippen LogP contribution in [-0.4, -0.2) is 29.0 Å². The largest absolute Gasteiger partial charge is 0.495 e. The average Bonchev–Trinajstić information content (AvgIpc) is 2.91. The lowest BCUT2D eigenvalue weighted by Crippen LogP contribution is -2.18. The summed E-state index contributed by atoms with van der Waals surface area (Å²) in [7, 11) is 3.31. The van der Waals surface area contributed by atoms with E-state index < -0.39 is 0 Å². The fourth-order valence-electron chi connectivity index (χ4n) is 2.65. The van der Waals surface area contributed by atoms with Crippen molar-refractivity contribution in [3.05, 3.63) is 24.0 Å². The fourth-order valence-corrected chi connectivity index (χ4v) is 2.65. The number of nitrogens with zero attached hydrogens (tertiary/aromatic N) is 3. The van der Waals surface area contributed by atoms with Crippen molar-refractivity contribution in [3.8, 4) is 17.1 Å². The number of ether oxygens (including phenoxy) is 2. The summed E-state index contributed by atoms with van der Waals surface area (Å²) in [5.74, 6) is 2.39. The van der Waals surface area contributed by atoms with Gasteiger partial charge in [-0.25, -0.2) is 0 Å². The normalized spacial score (nSPS) is 17.8. The van der Waals surface area contributed by atoms with Crippen molar-refractivity contribution in [2.24, 2.45) is 0 Å². The molecule has 0 saturated carbocycles. The van der Waals surface area contributed by atoms with Gasteiger partial charge < -0.3 is 19.8 Å². The molecule has 2 N–H and O–H groups in total. The molecule has 3 rings (SSSR count). The molecule has 2 heterocycles. The summed E-state index contributed by atoms with van der Waals surface area (Å²) in [6.07, 6.45) is 2.07. The molecule has 1 aromatic carbocycles. The first-order valence-corrected chi connectivity index (χ1v) is 6.64. The van der Waals surface area contributed by atoms with Crippen molar-refractivity contribution in [2.75, 3.05) is 20.0 Å². The predicted molar refractivity (Wildman–Crippen MR) is 75.4 cm³/mol. The van der Waals surface area contributed by atoms with Crippen LogP contribution in [0.15, 0.2) is 18.2 Å². The van der Waals surface area contributed by atoms with E-state index >= 15 is 0 Å². The smallest absolute Gasteiger partial charge is 0.164 e. The van der Waals surface area contributed by atoms with Crippen LogP contribution < -0.4 is 10.5 Å². The van der Waals surface area contributed by atoms with Gasteiger partial charge in [0, 0.05) is 19.2 Å². The number of hydrogen-bond acceptors (Lipinski definition) is 5. The Morgan fingerprint density at radius 3 is 2.85 bits per heavy atom. The maximum absolute atomic E-state index is 5.96. The minimum Gasteiger partial charge on any atom is -0.495 e. The maximum Gasteiger partial charge on any atom is 0.164 e. The fraction of sp³-hybridized carbons (Fsp3) is 0.429. The van der Waals surface area contributed by atoms with Crippen LogP contribution in [0.1, 0.15) is 24.8 Å². The minimum atomic E-state index is 0.0283. The van der Waals surface area contributed by atoms with Gasteiger partial charge in [0.15, 0.2) is 11.6 Å². The van der Waals surface area contributed by atoms with E-state index in [-0.39, 0.29) is 6.10 Å². The van der Waals surface area contributed by atoms with Gasteiger partial charge in [0.25, 0.3) is 0 Å². The highest BCUT2D eigenvalue weighted by Crippen LogP contribution is 2.32. The summed E-state index contributed by atoms with van der Waals surface area (Å²) < 4.78 is 12.7. The second-order valence-corrected chi connectivity index (χ2v) is 4.86. The molecule has 1 atom stereocenters. The second kappa shape index (κ2) is 5.13. The van der Waals surface area contributed by atoms with E-state index in [0.29, 0.717) is 11.4 Å². The van der Waals surface area contributed by atoms with Crippen molar-refractivity contribution < 1.29 is 9.47 Å². The lowest BCUT2D eigenvalue weighted by atomic mass is 10.1. The highest BCUT2D eigenvalue weighted by atomic mass is 16.5. The van der Waals surface area contributed by atoms with Crippen LogP contribution >= 0.6 is 0 Å².